The molecule has 1 aliphatic carbocycles. The van der Waals surface area contributed by atoms with E-state index in [2.05, 4.69) is 76.4 Å². The number of nitrogens with one attached hydrogen (secondary N) is 1. The van der Waals surface area contributed by atoms with Gasteiger partial charge < -0.3 is 14.6 Å². The molecule has 1 N–H and O–H groups in total. The van der Waals surface area contributed by atoms with E-state index in [0.29, 0.717) is 18.9 Å². The lowest BCUT2D eigenvalue weighted by molar-refractivity contribution is -0.121. The molecule has 1 atom stereocenters. The predicted molar refractivity (Wildman–Crippen MR) is 146 cm³/mol. The number of carbonyl (C=O) groups is 1. The summed E-state index contributed by atoms with van der Waals surface area (Å²) in [7, 11) is 0. The lowest BCUT2D eigenvalue weighted by Gasteiger charge is -2.30. The zero-order valence-corrected chi connectivity index (χ0v) is 21.8. The van der Waals surface area contributed by atoms with Gasteiger partial charge in [-0.15, -0.1) is 0 Å². The van der Waals surface area contributed by atoms with Crippen molar-refractivity contribution in [3.63, 3.8) is 0 Å². The summed E-state index contributed by atoms with van der Waals surface area (Å²) < 4.78 is 7.84. The van der Waals surface area contributed by atoms with Gasteiger partial charge in [0.2, 0.25) is 5.91 Å². The first-order chi connectivity index (χ1) is 17.7. The van der Waals surface area contributed by atoms with Crippen LogP contribution in [0.4, 0.5) is 0 Å². The fraction of sp³-hybridized carbons (Fsp3) is 0.516. The second-order valence-corrected chi connectivity index (χ2v) is 10.7. The third kappa shape index (κ3) is 6.19. The van der Waals surface area contributed by atoms with E-state index in [4.69, 9.17) is 4.74 Å². The van der Waals surface area contributed by atoms with Crippen molar-refractivity contribution in [2.75, 3.05) is 39.4 Å². The molecule has 1 amide bonds. The number of benzene rings is 2. The molecule has 5 rings (SSSR count). The van der Waals surface area contributed by atoms with Crippen LogP contribution in [-0.2, 0) is 16.1 Å². The van der Waals surface area contributed by atoms with Gasteiger partial charge >= 0.3 is 0 Å². The summed E-state index contributed by atoms with van der Waals surface area (Å²) in [5.74, 6) is 1.02. The van der Waals surface area contributed by atoms with Crippen LogP contribution in [0.1, 0.15) is 61.1 Å². The molecule has 2 fully saturated rings. The number of hydrogen-bond acceptors (Lipinski definition) is 3. The van der Waals surface area contributed by atoms with Crippen LogP contribution in [-0.4, -0.2) is 54.8 Å². The van der Waals surface area contributed by atoms with E-state index in [-0.39, 0.29) is 11.8 Å². The summed E-state index contributed by atoms with van der Waals surface area (Å²) in [6.45, 7) is 8.11. The zero-order chi connectivity index (χ0) is 24.7. The normalized spacial score (nSPS) is 18.4. The molecule has 5 nitrogen and oxygen atoms in total. The van der Waals surface area contributed by atoms with Crippen molar-refractivity contribution in [1.82, 2.24) is 14.8 Å². The van der Waals surface area contributed by atoms with Crippen LogP contribution >= 0.6 is 0 Å². The van der Waals surface area contributed by atoms with Gasteiger partial charge in [-0.3, -0.25) is 9.69 Å². The standard InChI is InChI=1S/C31H41N3O2/c1-24-11-13-25(14-12-24)22-34-23-29(27-9-5-6-10-30(27)34)28(26-7-3-2-4-8-26)21-31(35)32-15-16-33-17-19-36-20-18-33/h5-6,9-14,23,26,28H,2-4,7-8,15-22H2,1H3,(H,32,35)/t28-/m1/s1. The Morgan fingerprint density at radius 1 is 1.03 bits per heavy atom. The van der Waals surface area contributed by atoms with E-state index in [1.807, 2.05) is 0 Å². The molecule has 2 aromatic carbocycles. The SMILES string of the molecule is Cc1ccc(Cn2cc([C@H](CC(=O)NCCN3CCOCC3)C3CCCCC3)c3ccccc32)cc1. The minimum Gasteiger partial charge on any atom is -0.379 e. The molecule has 0 spiro atoms. The van der Waals surface area contributed by atoms with Crippen molar-refractivity contribution in [1.29, 1.82) is 0 Å². The van der Waals surface area contributed by atoms with E-state index < -0.39 is 0 Å². The Labute approximate surface area is 215 Å². The van der Waals surface area contributed by atoms with Crippen molar-refractivity contribution < 1.29 is 9.53 Å². The third-order valence-corrected chi connectivity index (χ3v) is 8.17. The topological polar surface area (TPSA) is 46.5 Å². The van der Waals surface area contributed by atoms with E-state index in [0.717, 1.165) is 39.4 Å². The highest BCUT2D eigenvalue weighted by atomic mass is 16.5. The minimum atomic E-state index is 0.189. The van der Waals surface area contributed by atoms with E-state index in [1.165, 1.54) is 59.7 Å². The number of nitrogens with zero attached hydrogens (tertiary/aromatic N) is 2. The first kappa shape index (κ1) is 25.0. The smallest absolute Gasteiger partial charge is 0.220 e. The average Bonchev–Trinajstić information content (AvgIpc) is 3.28. The van der Waals surface area contributed by atoms with E-state index in [1.54, 1.807) is 0 Å². The van der Waals surface area contributed by atoms with Crippen LogP contribution in [0.5, 0.6) is 0 Å². The Bertz CT molecular complexity index is 1120. The maximum atomic E-state index is 13.2. The van der Waals surface area contributed by atoms with E-state index in [9.17, 15) is 4.79 Å². The van der Waals surface area contributed by atoms with Crippen LogP contribution in [0.3, 0.4) is 0 Å². The number of carbonyl (C=O) groups excluding carboxylic acids is 1. The van der Waals surface area contributed by atoms with Crippen LogP contribution in [0.2, 0.25) is 0 Å². The molecule has 2 heterocycles. The molecule has 3 aromatic rings. The largest absolute Gasteiger partial charge is 0.379 e. The second kappa shape index (κ2) is 12.1. The van der Waals surface area contributed by atoms with Gasteiger partial charge in [0.15, 0.2) is 0 Å². The molecule has 1 saturated carbocycles. The van der Waals surface area contributed by atoms with Gasteiger partial charge in [0.05, 0.1) is 13.2 Å². The number of aromatic nitrogens is 1. The Morgan fingerprint density at radius 3 is 2.56 bits per heavy atom. The number of ether oxygens (including phenoxy) is 1. The number of morpholine rings is 1. The van der Waals surface area contributed by atoms with Crippen LogP contribution in [0.15, 0.2) is 54.7 Å². The molecule has 5 heteroatoms. The Balaban J connectivity index is 1.36. The highest BCUT2D eigenvalue weighted by Gasteiger charge is 2.29. The molecule has 1 aliphatic heterocycles. The fourth-order valence-electron chi connectivity index (χ4n) is 6.11. The number of amides is 1. The molecular formula is C31H41N3O2. The van der Waals surface area contributed by atoms with Gasteiger partial charge in [-0.1, -0.05) is 67.3 Å². The van der Waals surface area contributed by atoms with Gasteiger partial charge in [-0.25, -0.2) is 0 Å². The molecule has 2 aliphatic rings. The van der Waals surface area contributed by atoms with Crippen molar-refractivity contribution in [2.24, 2.45) is 5.92 Å². The van der Waals surface area contributed by atoms with Gasteiger partial charge in [0, 0.05) is 56.2 Å². The quantitative estimate of drug-likeness (QED) is 0.434. The van der Waals surface area contributed by atoms with Gasteiger partial charge in [-0.2, -0.15) is 0 Å². The summed E-state index contributed by atoms with van der Waals surface area (Å²) in [4.78, 5) is 15.6. The number of rotatable bonds is 9. The summed E-state index contributed by atoms with van der Waals surface area (Å²) in [6, 6.07) is 17.6. The number of hydrogen-bond donors (Lipinski definition) is 1. The van der Waals surface area contributed by atoms with Gasteiger partial charge in [-0.05, 0) is 48.8 Å². The Kier molecular flexibility index (Phi) is 8.40. The first-order valence-electron chi connectivity index (χ1n) is 13.9. The minimum absolute atomic E-state index is 0.189. The number of aryl methyl sites for hydroxylation is 1. The molecule has 36 heavy (non-hydrogen) atoms. The first-order valence-corrected chi connectivity index (χ1v) is 13.9. The third-order valence-electron chi connectivity index (χ3n) is 8.17. The molecule has 1 saturated heterocycles. The van der Waals surface area contributed by atoms with Crippen molar-refractivity contribution >= 4 is 16.8 Å². The van der Waals surface area contributed by atoms with Crippen molar-refractivity contribution in [2.45, 2.75) is 57.9 Å². The van der Waals surface area contributed by atoms with E-state index >= 15 is 0 Å². The maximum Gasteiger partial charge on any atom is 0.220 e. The highest BCUT2D eigenvalue weighted by Crippen LogP contribution is 2.41. The Morgan fingerprint density at radius 2 is 1.78 bits per heavy atom. The van der Waals surface area contributed by atoms with Gasteiger partial charge in [0.25, 0.3) is 0 Å². The summed E-state index contributed by atoms with van der Waals surface area (Å²) in [5.41, 5.74) is 5.21. The predicted octanol–water partition coefficient (Wildman–Crippen LogP) is 5.50. The average molecular weight is 488 g/mol. The Hall–Kier alpha value is -2.63. The monoisotopic (exact) mass is 487 g/mol. The molecule has 192 valence electrons. The molecular weight excluding hydrogens is 446 g/mol. The maximum absolute atomic E-state index is 13.2. The van der Waals surface area contributed by atoms with Gasteiger partial charge in [0.1, 0.15) is 0 Å². The molecule has 0 unspecified atom stereocenters. The molecule has 1 aromatic heterocycles. The molecule has 0 bridgehead atoms. The summed E-state index contributed by atoms with van der Waals surface area (Å²) in [6.07, 6.45) is 9.26. The van der Waals surface area contributed by atoms with Crippen LogP contribution in [0, 0.1) is 12.8 Å². The van der Waals surface area contributed by atoms with Crippen LogP contribution in [0.25, 0.3) is 10.9 Å². The summed E-state index contributed by atoms with van der Waals surface area (Å²) >= 11 is 0. The summed E-state index contributed by atoms with van der Waals surface area (Å²) in [5, 5.41) is 4.55. The highest BCUT2D eigenvalue weighted by molar-refractivity contribution is 5.86. The fourth-order valence-corrected chi connectivity index (χ4v) is 6.11. The second-order valence-electron chi connectivity index (χ2n) is 10.7. The zero-order valence-electron chi connectivity index (χ0n) is 21.8. The number of fused-ring (bicyclic) bond motifs is 1. The van der Waals surface area contributed by atoms with Crippen molar-refractivity contribution in [3.8, 4) is 0 Å². The van der Waals surface area contributed by atoms with Crippen molar-refractivity contribution in [3.05, 3.63) is 71.4 Å². The lowest BCUT2D eigenvalue weighted by atomic mass is 9.75. The lowest BCUT2D eigenvalue weighted by Crippen LogP contribution is -2.41. The molecule has 0 radical (unpaired) electrons. The van der Waals surface area contributed by atoms with Crippen LogP contribution < -0.4 is 5.32 Å². The number of para-hydroxylation sites is 1.